The van der Waals surface area contributed by atoms with Gasteiger partial charge in [0.15, 0.2) is 5.76 Å². The van der Waals surface area contributed by atoms with Crippen molar-refractivity contribution in [2.75, 3.05) is 13.7 Å². The molecule has 0 atom stereocenters. The predicted octanol–water partition coefficient (Wildman–Crippen LogP) is 2.82. The first kappa shape index (κ1) is 21.7. The van der Waals surface area contributed by atoms with Gasteiger partial charge in [0, 0.05) is 13.0 Å². The van der Waals surface area contributed by atoms with Crippen molar-refractivity contribution in [1.82, 2.24) is 10.6 Å². The Hall–Kier alpha value is -3.55. The maximum absolute atomic E-state index is 12.6. The molecule has 0 aliphatic heterocycles. The highest BCUT2D eigenvalue weighted by atomic mass is 16.5. The number of hydrogen-bond acceptors (Lipinski definition) is 5. The number of hydrogen-bond donors (Lipinski definition) is 3. The molecule has 0 spiro atoms. The Morgan fingerprint density at radius 1 is 1.10 bits per heavy atom. The van der Waals surface area contributed by atoms with E-state index in [1.165, 1.54) is 12.3 Å². The van der Waals surface area contributed by atoms with Gasteiger partial charge in [-0.3, -0.25) is 14.4 Å². The lowest BCUT2D eigenvalue weighted by atomic mass is 10.1. The molecule has 3 N–H and O–H groups in total. The zero-order valence-corrected chi connectivity index (χ0v) is 16.1. The number of amides is 2. The van der Waals surface area contributed by atoms with Crippen molar-refractivity contribution in [3.63, 3.8) is 0 Å². The van der Waals surface area contributed by atoms with Gasteiger partial charge in [-0.2, -0.15) is 0 Å². The van der Waals surface area contributed by atoms with Crippen molar-refractivity contribution >= 4 is 23.9 Å². The predicted molar refractivity (Wildman–Crippen MR) is 106 cm³/mol. The Morgan fingerprint density at radius 2 is 1.86 bits per heavy atom. The molecule has 154 valence electrons. The molecule has 0 unspecified atom stereocenters. The smallest absolute Gasteiger partial charge is 0.303 e. The number of methoxy groups -OCH3 is 1. The van der Waals surface area contributed by atoms with Gasteiger partial charge in [-0.05, 0) is 48.7 Å². The number of carbonyl (C=O) groups is 3. The lowest BCUT2D eigenvalue weighted by Gasteiger charge is -2.10. The van der Waals surface area contributed by atoms with E-state index in [0.717, 1.165) is 0 Å². The van der Waals surface area contributed by atoms with Crippen molar-refractivity contribution in [3.05, 3.63) is 59.7 Å². The van der Waals surface area contributed by atoms with Crippen LogP contribution in [0, 0.1) is 0 Å². The first-order valence-electron chi connectivity index (χ1n) is 9.20. The second-order valence-electron chi connectivity index (χ2n) is 6.22. The van der Waals surface area contributed by atoms with E-state index in [1.807, 2.05) is 0 Å². The summed E-state index contributed by atoms with van der Waals surface area (Å²) in [5, 5.41) is 13.9. The number of benzene rings is 1. The van der Waals surface area contributed by atoms with Gasteiger partial charge in [0.1, 0.15) is 11.4 Å². The van der Waals surface area contributed by atoms with Crippen LogP contribution < -0.4 is 15.4 Å². The van der Waals surface area contributed by atoms with Crippen LogP contribution in [0.25, 0.3) is 6.08 Å². The van der Waals surface area contributed by atoms with Gasteiger partial charge in [-0.25, -0.2) is 0 Å². The number of aliphatic carboxylic acids is 1. The van der Waals surface area contributed by atoms with E-state index in [4.69, 9.17) is 14.3 Å². The number of rotatable bonds is 11. The largest absolute Gasteiger partial charge is 0.497 e. The number of ether oxygens (including phenoxy) is 1. The zero-order valence-electron chi connectivity index (χ0n) is 16.1. The molecule has 0 aliphatic rings. The van der Waals surface area contributed by atoms with Crippen molar-refractivity contribution in [2.24, 2.45) is 0 Å². The van der Waals surface area contributed by atoms with Crippen LogP contribution in [0.15, 0.2) is 52.8 Å². The number of nitrogens with one attached hydrogen (secondary N) is 2. The molecule has 8 heteroatoms. The quantitative estimate of drug-likeness (QED) is 0.394. The molecule has 0 fully saturated rings. The topological polar surface area (TPSA) is 118 Å². The lowest BCUT2D eigenvalue weighted by molar-refractivity contribution is -0.137. The van der Waals surface area contributed by atoms with Crippen LogP contribution in [0.2, 0.25) is 0 Å². The second-order valence-corrected chi connectivity index (χ2v) is 6.22. The average Bonchev–Trinajstić information content (AvgIpc) is 3.25. The summed E-state index contributed by atoms with van der Waals surface area (Å²) in [6.07, 6.45) is 4.91. The highest BCUT2D eigenvalue weighted by Crippen LogP contribution is 2.14. The van der Waals surface area contributed by atoms with Gasteiger partial charge in [-0.15, -0.1) is 0 Å². The van der Waals surface area contributed by atoms with Gasteiger partial charge in [0.25, 0.3) is 11.8 Å². The highest BCUT2D eigenvalue weighted by molar-refractivity contribution is 6.04. The molecule has 0 saturated carbocycles. The average molecular weight is 400 g/mol. The summed E-state index contributed by atoms with van der Waals surface area (Å²) in [6, 6.07) is 10.1. The number of carboxylic acid groups (broad SMARTS) is 1. The second kappa shape index (κ2) is 11.3. The molecule has 1 heterocycles. The van der Waals surface area contributed by atoms with Crippen molar-refractivity contribution in [3.8, 4) is 5.75 Å². The molecule has 2 amide bonds. The van der Waals surface area contributed by atoms with E-state index in [2.05, 4.69) is 10.6 Å². The third-order valence-corrected chi connectivity index (χ3v) is 4.02. The molecule has 29 heavy (non-hydrogen) atoms. The van der Waals surface area contributed by atoms with Crippen LogP contribution in [0.1, 0.15) is 41.8 Å². The van der Waals surface area contributed by atoms with E-state index in [-0.39, 0.29) is 17.9 Å². The summed E-state index contributed by atoms with van der Waals surface area (Å²) in [7, 11) is 1.56. The maximum Gasteiger partial charge on any atom is 0.303 e. The fourth-order valence-corrected chi connectivity index (χ4v) is 2.49. The first-order valence-corrected chi connectivity index (χ1v) is 9.20. The molecule has 0 aliphatic carbocycles. The molecule has 2 rings (SSSR count). The van der Waals surface area contributed by atoms with Crippen LogP contribution in [0.5, 0.6) is 5.75 Å². The molecule has 2 aromatic rings. The molecule has 0 saturated heterocycles. The molecule has 8 nitrogen and oxygen atoms in total. The van der Waals surface area contributed by atoms with Gasteiger partial charge >= 0.3 is 5.97 Å². The van der Waals surface area contributed by atoms with Gasteiger partial charge < -0.3 is 24.9 Å². The molecule has 0 radical (unpaired) electrons. The van der Waals surface area contributed by atoms with E-state index < -0.39 is 17.8 Å². The fourth-order valence-electron chi connectivity index (χ4n) is 2.49. The Labute approximate surface area is 168 Å². The van der Waals surface area contributed by atoms with Crippen molar-refractivity contribution in [1.29, 1.82) is 0 Å². The normalized spacial score (nSPS) is 11.0. The Bertz CT molecular complexity index is 841. The van der Waals surface area contributed by atoms with E-state index >= 15 is 0 Å². The number of carbonyl (C=O) groups excluding carboxylic acids is 2. The SMILES string of the molecule is COc1ccc(/C=C(\NC(=O)c2ccco2)C(=O)NCCCCCC(=O)O)cc1. The standard InChI is InChI=1S/C21H24N2O6/c1-28-16-10-8-15(9-11-16)14-17(23-21(27)18-6-5-13-29-18)20(26)22-12-4-2-3-7-19(24)25/h5-6,8-11,13-14H,2-4,7,12H2,1H3,(H,22,26)(H,23,27)(H,24,25)/b17-14-. The lowest BCUT2D eigenvalue weighted by Crippen LogP contribution is -2.35. The summed E-state index contributed by atoms with van der Waals surface area (Å²) in [5.74, 6) is -1.05. The molecule has 0 bridgehead atoms. The Balaban J connectivity index is 2.02. The van der Waals surface area contributed by atoms with Crippen molar-refractivity contribution < 1.29 is 28.6 Å². The van der Waals surface area contributed by atoms with Crippen LogP contribution in [0.3, 0.4) is 0 Å². The number of carboxylic acids is 1. The fraction of sp³-hybridized carbons (Fsp3) is 0.286. The summed E-state index contributed by atoms with van der Waals surface area (Å²) < 4.78 is 10.2. The van der Waals surface area contributed by atoms with E-state index in [1.54, 1.807) is 43.5 Å². The molecule has 1 aromatic heterocycles. The van der Waals surface area contributed by atoms with Crippen molar-refractivity contribution in [2.45, 2.75) is 25.7 Å². The molecular weight excluding hydrogens is 376 g/mol. The summed E-state index contributed by atoms with van der Waals surface area (Å²) >= 11 is 0. The van der Waals surface area contributed by atoms with Gasteiger partial charge in [0.05, 0.1) is 13.4 Å². The Kier molecular flexibility index (Phi) is 8.50. The summed E-state index contributed by atoms with van der Waals surface area (Å²) in [5.41, 5.74) is 0.777. The summed E-state index contributed by atoms with van der Waals surface area (Å²) in [6.45, 7) is 0.370. The zero-order chi connectivity index (χ0) is 21.1. The van der Waals surface area contributed by atoms with Crippen LogP contribution in [-0.4, -0.2) is 36.5 Å². The third kappa shape index (κ3) is 7.53. The van der Waals surface area contributed by atoms with Crippen LogP contribution in [0.4, 0.5) is 0 Å². The third-order valence-electron chi connectivity index (χ3n) is 4.02. The minimum Gasteiger partial charge on any atom is -0.497 e. The van der Waals surface area contributed by atoms with Gasteiger partial charge in [0.2, 0.25) is 0 Å². The van der Waals surface area contributed by atoms with Gasteiger partial charge in [-0.1, -0.05) is 18.6 Å². The number of unbranched alkanes of at least 4 members (excludes halogenated alkanes) is 2. The minimum absolute atomic E-state index is 0.0714. The van der Waals surface area contributed by atoms with Crippen LogP contribution >= 0.6 is 0 Å². The summed E-state index contributed by atoms with van der Waals surface area (Å²) in [4.78, 5) is 35.4. The molecule has 1 aromatic carbocycles. The molecular formula is C21H24N2O6. The Morgan fingerprint density at radius 3 is 2.48 bits per heavy atom. The minimum atomic E-state index is -0.834. The van der Waals surface area contributed by atoms with Crippen LogP contribution in [-0.2, 0) is 9.59 Å². The number of furan rings is 1. The first-order chi connectivity index (χ1) is 14.0. The highest BCUT2D eigenvalue weighted by Gasteiger charge is 2.16. The van der Waals surface area contributed by atoms with E-state index in [9.17, 15) is 14.4 Å². The monoisotopic (exact) mass is 400 g/mol. The maximum atomic E-state index is 12.6. The van der Waals surface area contributed by atoms with E-state index in [0.29, 0.717) is 37.1 Å².